The van der Waals surface area contributed by atoms with Gasteiger partial charge in [0.1, 0.15) is 0 Å². The van der Waals surface area contributed by atoms with Gasteiger partial charge in [0.25, 0.3) is 5.56 Å². The van der Waals surface area contributed by atoms with Crippen molar-refractivity contribution in [2.75, 3.05) is 5.32 Å². The molecule has 2 unspecified atom stereocenters. The maximum absolute atomic E-state index is 11.3. The largest absolute Gasteiger partial charge is 0.363 e. The second kappa shape index (κ2) is 4.79. The minimum Gasteiger partial charge on any atom is -0.363 e. The first kappa shape index (κ1) is 10.8. The minimum atomic E-state index is -0.164. The van der Waals surface area contributed by atoms with Crippen LogP contribution in [0, 0.1) is 5.92 Å². The summed E-state index contributed by atoms with van der Waals surface area (Å²) in [6.07, 6.45) is 4.19. The number of rotatable bonds is 4. The van der Waals surface area contributed by atoms with Crippen LogP contribution in [-0.2, 0) is 0 Å². The van der Waals surface area contributed by atoms with Gasteiger partial charge >= 0.3 is 0 Å². The van der Waals surface area contributed by atoms with Crippen molar-refractivity contribution in [3.8, 4) is 0 Å². The van der Waals surface area contributed by atoms with E-state index in [1.807, 2.05) is 0 Å². The molecule has 1 aromatic rings. The summed E-state index contributed by atoms with van der Waals surface area (Å²) >= 11 is 0. The third-order valence-electron chi connectivity index (χ3n) is 2.57. The molecule has 14 heavy (non-hydrogen) atoms. The minimum absolute atomic E-state index is 0.164. The molecule has 0 amide bonds. The van der Waals surface area contributed by atoms with E-state index in [2.05, 4.69) is 36.1 Å². The van der Waals surface area contributed by atoms with Crippen molar-refractivity contribution < 1.29 is 0 Å². The Bertz CT molecular complexity index is 334. The Balaban J connectivity index is 2.69. The molecule has 1 rings (SSSR count). The molecule has 0 aliphatic rings. The first-order chi connectivity index (χ1) is 6.65. The normalized spacial score (nSPS) is 14.8. The molecule has 0 spiro atoms. The Kier molecular flexibility index (Phi) is 3.68. The average Bonchev–Trinajstić information content (AvgIpc) is 2.20. The molecular weight excluding hydrogens is 178 g/mol. The summed E-state index contributed by atoms with van der Waals surface area (Å²) < 4.78 is 0. The Labute approximate surface area is 83.8 Å². The van der Waals surface area contributed by atoms with E-state index < -0.39 is 0 Å². The van der Waals surface area contributed by atoms with Crippen LogP contribution in [0.25, 0.3) is 0 Å². The number of hydrogen-bond acceptors (Lipinski definition) is 3. The van der Waals surface area contributed by atoms with Crippen LogP contribution in [0.4, 0.5) is 5.82 Å². The molecular formula is C10H17N3O. The third-order valence-corrected chi connectivity index (χ3v) is 2.57. The Morgan fingerprint density at radius 3 is 2.86 bits per heavy atom. The second-order valence-corrected chi connectivity index (χ2v) is 3.59. The van der Waals surface area contributed by atoms with Crippen molar-refractivity contribution in [1.29, 1.82) is 0 Å². The first-order valence-electron chi connectivity index (χ1n) is 4.95. The predicted molar refractivity (Wildman–Crippen MR) is 57.4 cm³/mol. The van der Waals surface area contributed by atoms with Crippen molar-refractivity contribution in [3.05, 3.63) is 22.7 Å². The van der Waals surface area contributed by atoms with E-state index in [4.69, 9.17) is 0 Å². The van der Waals surface area contributed by atoms with Gasteiger partial charge < -0.3 is 10.3 Å². The standard InChI is InChI=1S/C10H17N3O/c1-4-7(2)8(3)13-9-10(14)12-6-5-11-9/h5-8H,4H2,1-3H3,(H,11,13)(H,12,14). The van der Waals surface area contributed by atoms with E-state index in [0.717, 1.165) is 6.42 Å². The number of anilines is 1. The number of hydrogen-bond donors (Lipinski definition) is 2. The van der Waals surface area contributed by atoms with E-state index >= 15 is 0 Å². The molecule has 0 radical (unpaired) electrons. The summed E-state index contributed by atoms with van der Waals surface area (Å²) in [5.41, 5.74) is -0.164. The van der Waals surface area contributed by atoms with Crippen LogP contribution < -0.4 is 10.9 Å². The van der Waals surface area contributed by atoms with Gasteiger partial charge in [0, 0.05) is 18.4 Å². The van der Waals surface area contributed by atoms with Crippen LogP contribution in [0.1, 0.15) is 27.2 Å². The molecule has 4 heteroatoms. The summed E-state index contributed by atoms with van der Waals surface area (Å²) in [6.45, 7) is 6.34. The van der Waals surface area contributed by atoms with E-state index in [-0.39, 0.29) is 11.6 Å². The van der Waals surface area contributed by atoms with Gasteiger partial charge in [-0.05, 0) is 12.8 Å². The van der Waals surface area contributed by atoms with Gasteiger partial charge in [0.15, 0.2) is 5.82 Å². The first-order valence-corrected chi connectivity index (χ1v) is 4.95. The highest BCUT2D eigenvalue weighted by molar-refractivity contribution is 5.31. The molecule has 2 N–H and O–H groups in total. The van der Waals surface area contributed by atoms with Crippen molar-refractivity contribution in [2.24, 2.45) is 5.92 Å². The topological polar surface area (TPSA) is 57.8 Å². The Hall–Kier alpha value is -1.32. The molecule has 2 atom stereocenters. The summed E-state index contributed by atoms with van der Waals surface area (Å²) in [6, 6.07) is 0.260. The molecule has 0 fully saturated rings. The van der Waals surface area contributed by atoms with Gasteiger partial charge in [0.2, 0.25) is 0 Å². The van der Waals surface area contributed by atoms with Gasteiger partial charge in [-0.1, -0.05) is 20.3 Å². The zero-order valence-corrected chi connectivity index (χ0v) is 8.87. The maximum Gasteiger partial charge on any atom is 0.290 e. The van der Waals surface area contributed by atoms with Crippen molar-refractivity contribution in [2.45, 2.75) is 33.2 Å². The van der Waals surface area contributed by atoms with E-state index in [9.17, 15) is 4.79 Å². The van der Waals surface area contributed by atoms with Crippen LogP contribution >= 0.6 is 0 Å². The zero-order valence-electron chi connectivity index (χ0n) is 8.87. The number of aromatic amines is 1. The van der Waals surface area contributed by atoms with Crippen molar-refractivity contribution in [1.82, 2.24) is 9.97 Å². The third kappa shape index (κ3) is 2.58. The number of H-pyrrole nitrogens is 1. The summed E-state index contributed by atoms with van der Waals surface area (Å²) in [7, 11) is 0. The lowest BCUT2D eigenvalue weighted by Crippen LogP contribution is -2.27. The smallest absolute Gasteiger partial charge is 0.290 e. The highest BCUT2D eigenvalue weighted by Gasteiger charge is 2.11. The van der Waals surface area contributed by atoms with Gasteiger partial charge in [0.05, 0.1) is 0 Å². The average molecular weight is 195 g/mol. The summed E-state index contributed by atoms with van der Waals surface area (Å²) in [5.74, 6) is 0.928. The highest BCUT2D eigenvalue weighted by Crippen LogP contribution is 2.09. The summed E-state index contributed by atoms with van der Waals surface area (Å²) in [5, 5.41) is 3.11. The quantitative estimate of drug-likeness (QED) is 0.767. The molecule has 0 bridgehead atoms. The molecule has 78 valence electrons. The fraction of sp³-hybridized carbons (Fsp3) is 0.600. The van der Waals surface area contributed by atoms with Crippen LogP contribution in [-0.4, -0.2) is 16.0 Å². The van der Waals surface area contributed by atoms with Gasteiger partial charge in [-0.15, -0.1) is 0 Å². The predicted octanol–water partition coefficient (Wildman–Crippen LogP) is 1.62. The van der Waals surface area contributed by atoms with Gasteiger partial charge in [-0.2, -0.15) is 0 Å². The van der Waals surface area contributed by atoms with E-state index in [0.29, 0.717) is 11.7 Å². The second-order valence-electron chi connectivity index (χ2n) is 3.59. The fourth-order valence-electron chi connectivity index (χ4n) is 1.17. The zero-order chi connectivity index (χ0) is 10.6. The molecule has 0 aliphatic carbocycles. The van der Waals surface area contributed by atoms with E-state index in [1.54, 1.807) is 6.20 Å². The van der Waals surface area contributed by atoms with Crippen LogP contribution in [0.15, 0.2) is 17.2 Å². The SMILES string of the molecule is CCC(C)C(C)Nc1ncc[nH]c1=O. The highest BCUT2D eigenvalue weighted by atomic mass is 16.1. The molecule has 1 aromatic heterocycles. The number of nitrogens with zero attached hydrogens (tertiary/aromatic N) is 1. The lowest BCUT2D eigenvalue weighted by Gasteiger charge is -2.19. The molecule has 0 aliphatic heterocycles. The molecule has 4 nitrogen and oxygen atoms in total. The monoisotopic (exact) mass is 195 g/mol. The molecule has 0 saturated heterocycles. The number of aromatic nitrogens is 2. The maximum atomic E-state index is 11.3. The van der Waals surface area contributed by atoms with Crippen LogP contribution in [0.3, 0.4) is 0 Å². The van der Waals surface area contributed by atoms with Gasteiger partial charge in [-0.25, -0.2) is 4.98 Å². The lowest BCUT2D eigenvalue weighted by atomic mass is 10.0. The Morgan fingerprint density at radius 2 is 2.29 bits per heavy atom. The molecule has 0 saturated carbocycles. The lowest BCUT2D eigenvalue weighted by molar-refractivity contribution is 0.493. The van der Waals surface area contributed by atoms with Crippen LogP contribution in [0.5, 0.6) is 0 Å². The molecule has 0 aromatic carbocycles. The van der Waals surface area contributed by atoms with Crippen LogP contribution in [0.2, 0.25) is 0 Å². The molecule has 1 heterocycles. The van der Waals surface area contributed by atoms with E-state index in [1.165, 1.54) is 6.20 Å². The summed E-state index contributed by atoms with van der Waals surface area (Å²) in [4.78, 5) is 17.8. The van der Waals surface area contributed by atoms with Gasteiger partial charge in [-0.3, -0.25) is 4.79 Å². The van der Waals surface area contributed by atoms with Crippen molar-refractivity contribution >= 4 is 5.82 Å². The fourth-order valence-corrected chi connectivity index (χ4v) is 1.17. The Morgan fingerprint density at radius 1 is 1.57 bits per heavy atom. The van der Waals surface area contributed by atoms with Crippen molar-refractivity contribution in [3.63, 3.8) is 0 Å². The number of nitrogens with one attached hydrogen (secondary N) is 2.